The van der Waals surface area contributed by atoms with Gasteiger partial charge >= 0.3 is 0 Å². The van der Waals surface area contributed by atoms with Gasteiger partial charge in [0, 0.05) is 4.88 Å². The molecule has 0 spiro atoms. The van der Waals surface area contributed by atoms with E-state index in [-0.39, 0.29) is 6.04 Å². The minimum Gasteiger partial charge on any atom is -0.320 e. The summed E-state index contributed by atoms with van der Waals surface area (Å²) in [5.41, 5.74) is 7.45. The molecular formula is C10H12ClNS. The minimum absolute atomic E-state index is 0.0370. The third-order valence-corrected chi connectivity index (χ3v) is 3.84. The predicted octanol–water partition coefficient (Wildman–Crippen LogP) is 3.51. The Morgan fingerprint density at radius 1 is 1.54 bits per heavy atom. The van der Waals surface area contributed by atoms with E-state index in [9.17, 15) is 0 Å². The average molecular weight is 214 g/mol. The smallest absolute Gasteiger partial charge is 0.0620 e. The molecule has 1 unspecified atom stereocenters. The summed E-state index contributed by atoms with van der Waals surface area (Å²) in [4.78, 5) is 1.11. The summed E-state index contributed by atoms with van der Waals surface area (Å²) >= 11 is 7.66. The zero-order valence-corrected chi connectivity index (χ0v) is 8.87. The molecule has 0 bridgehead atoms. The zero-order valence-electron chi connectivity index (χ0n) is 7.29. The van der Waals surface area contributed by atoms with E-state index in [0.717, 1.165) is 16.3 Å². The third kappa shape index (κ3) is 1.80. The SMILES string of the molecule is NC(C1=CCCC1)c1sccc1Cl. The van der Waals surface area contributed by atoms with E-state index < -0.39 is 0 Å². The molecule has 0 aromatic carbocycles. The minimum atomic E-state index is 0.0370. The molecule has 0 amide bonds. The highest BCUT2D eigenvalue weighted by molar-refractivity contribution is 7.10. The molecule has 1 aliphatic rings. The van der Waals surface area contributed by atoms with Gasteiger partial charge < -0.3 is 5.73 Å². The van der Waals surface area contributed by atoms with Gasteiger partial charge in [0.05, 0.1) is 11.1 Å². The first kappa shape index (κ1) is 9.25. The number of halogens is 1. The van der Waals surface area contributed by atoms with Crippen LogP contribution in [0.3, 0.4) is 0 Å². The van der Waals surface area contributed by atoms with Crippen LogP contribution in [0.25, 0.3) is 0 Å². The molecule has 1 aromatic heterocycles. The lowest BCUT2D eigenvalue weighted by molar-refractivity contribution is 0.797. The Balaban J connectivity index is 2.21. The molecule has 0 fully saturated rings. The van der Waals surface area contributed by atoms with Crippen molar-refractivity contribution >= 4 is 22.9 Å². The van der Waals surface area contributed by atoms with E-state index in [1.165, 1.54) is 18.4 Å². The highest BCUT2D eigenvalue weighted by Gasteiger charge is 2.18. The molecule has 1 nitrogen and oxygen atoms in total. The lowest BCUT2D eigenvalue weighted by Gasteiger charge is -2.11. The van der Waals surface area contributed by atoms with Crippen LogP contribution in [0, 0.1) is 0 Å². The van der Waals surface area contributed by atoms with Gasteiger partial charge in [-0.25, -0.2) is 0 Å². The number of rotatable bonds is 2. The Labute approximate surface area is 87.2 Å². The van der Waals surface area contributed by atoms with Crippen molar-refractivity contribution in [1.29, 1.82) is 0 Å². The lowest BCUT2D eigenvalue weighted by atomic mass is 10.1. The Bertz CT molecular complexity index is 329. The van der Waals surface area contributed by atoms with Gasteiger partial charge in [-0.2, -0.15) is 0 Å². The summed E-state index contributed by atoms with van der Waals surface area (Å²) in [6, 6.07) is 1.95. The topological polar surface area (TPSA) is 26.0 Å². The van der Waals surface area contributed by atoms with Crippen LogP contribution in [0.2, 0.25) is 5.02 Å². The fourth-order valence-electron chi connectivity index (χ4n) is 1.67. The van der Waals surface area contributed by atoms with Crippen LogP contribution in [-0.2, 0) is 0 Å². The monoisotopic (exact) mass is 213 g/mol. The van der Waals surface area contributed by atoms with Crippen LogP contribution in [0.4, 0.5) is 0 Å². The van der Waals surface area contributed by atoms with Gasteiger partial charge in [-0.3, -0.25) is 0 Å². The van der Waals surface area contributed by atoms with Gasteiger partial charge in [-0.15, -0.1) is 11.3 Å². The fourth-order valence-corrected chi connectivity index (χ4v) is 2.89. The quantitative estimate of drug-likeness (QED) is 0.748. The molecule has 0 aliphatic heterocycles. The van der Waals surface area contributed by atoms with Gasteiger partial charge in [0.25, 0.3) is 0 Å². The second kappa shape index (κ2) is 3.82. The summed E-state index contributed by atoms with van der Waals surface area (Å²) in [5, 5.41) is 2.80. The van der Waals surface area contributed by atoms with Crippen LogP contribution >= 0.6 is 22.9 Å². The molecule has 13 heavy (non-hydrogen) atoms. The maximum atomic E-state index is 6.10. The fraction of sp³-hybridized carbons (Fsp3) is 0.400. The highest BCUT2D eigenvalue weighted by Crippen LogP contribution is 2.35. The molecule has 70 valence electrons. The third-order valence-electron chi connectivity index (χ3n) is 2.40. The molecule has 1 aliphatic carbocycles. The van der Waals surface area contributed by atoms with Gasteiger partial charge in [0.1, 0.15) is 0 Å². The van der Waals surface area contributed by atoms with E-state index in [1.807, 2.05) is 11.4 Å². The average Bonchev–Trinajstić information content (AvgIpc) is 2.72. The maximum Gasteiger partial charge on any atom is 0.0620 e. The Kier molecular flexibility index (Phi) is 2.72. The molecule has 0 radical (unpaired) electrons. The van der Waals surface area contributed by atoms with Crippen molar-refractivity contribution in [3.05, 3.63) is 33.0 Å². The first-order valence-electron chi connectivity index (χ1n) is 4.46. The van der Waals surface area contributed by atoms with Crippen molar-refractivity contribution in [3.63, 3.8) is 0 Å². The van der Waals surface area contributed by atoms with E-state index in [0.29, 0.717) is 0 Å². The molecule has 2 rings (SSSR count). The van der Waals surface area contributed by atoms with E-state index in [4.69, 9.17) is 17.3 Å². The molecule has 0 saturated heterocycles. The second-order valence-corrected chi connectivity index (χ2v) is 4.64. The van der Waals surface area contributed by atoms with Gasteiger partial charge in [0.15, 0.2) is 0 Å². The first-order chi connectivity index (χ1) is 6.29. The molecule has 1 heterocycles. The van der Waals surface area contributed by atoms with Crippen molar-refractivity contribution < 1.29 is 0 Å². The molecule has 0 saturated carbocycles. The summed E-state index contributed by atoms with van der Waals surface area (Å²) in [6.07, 6.45) is 5.80. The maximum absolute atomic E-state index is 6.10. The molecular weight excluding hydrogens is 202 g/mol. The first-order valence-corrected chi connectivity index (χ1v) is 5.72. The highest BCUT2D eigenvalue weighted by atomic mass is 35.5. The van der Waals surface area contributed by atoms with E-state index >= 15 is 0 Å². The van der Waals surface area contributed by atoms with E-state index in [1.54, 1.807) is 11.3 Å². The summed E-state index contributed by atoms with van der Waals surface area (Å²) in [6.45, 7) is 0. The van der Waals surface area contributed by atoms with E-state index in [2.05, 4.69) is 6.08 Å². The van der Waals surface area contributed by atoms with Gasteiger partial charge in [0.2, 0.25) is 0 Å². The van der Waals surface area contributed by atoms with Crippen LogP contribution in [0.5, 0.6) is 0 Å². The Morgan fingerprint density at radius 3 is 2.92 bits per heavy atom. The lowest BCUT2D eigenvalue weighted by Crippen LogP contribution is -2.10. The Morgan fingerprint density at radius 2 is 2.38 bits per heavy atom. The van der Waals surface area contributed by atoms with Crippen molar-refractivity contribution in [1.82, 2.24) is 0 Å². The number of hydrogen-bond acceptors (Lipinski definition) is 2. The van der Waals surface area contributed by atoms with Crippen molar-refractivity contribution in [2.45, 2.75) is 25.3 Å². The Hall–Kier alpha value is -0.310. The molecule has 2 N–H and O–H groups in total. The summed E-state index contributed by atoms with van der Waals surface area (Å²) in [7, 11) is 0. The molecule has 1 aromatic rings. The van der Waals surface area contributed by atoms with Crippen LogP contribution in [-0.4, -0.2) is 0 Å². The number of allylic oxidation sites excluding steroid dienone is 1. The van der Waals surface area contributed by atoms with Gasteiger partial charge in [-0.05, 0) is 30.7 Å². The predicted molar refractivity (Wildman–Crippen MR) is 58.2 cm³/mol. The van der Waals surface area contributed by atoms with Crippen molar-refractivity contribution in [2.75, 3.05) is 0 Å². The van der Waals surface area contributed by atoms with Crippen molar-refractivity contribution in [3.8, 4) is 0 Å². The number of hydrogen-bond donors (Lipinski definition) is 1. The second-order valence-electron chi connectivity index (χ2n) is 3.28. The van der Waals surface area contributed by atoms with Gasteiger partial charge in [-0.1, -0.05) is 23.3 Å². The van der Waals surface area contributed by atoms with Crippen LogP contribution < -0.4 is 5.73 Å². The number of nitrogens with two attached hydrogens (primary N) is 1. The molecule has 1 atom stereocenters. The van der Waals surface area contributed by atoms with Crippen molar-refractivity contribution in [2.24, 2.45) is 5.73 Å². The normalized spacial score (nSPS) is 18.8. The largest absolute Gasteiger partial charge is 0.320 e. The number of thiophene rings is 1. The zero-order chi connectivity index (χ0) is 9.26. The van der Waals surface area contributed by atoms with Crippen LogP contribution in [0.1, 0.15) is 30.2 Å². The molecule has 3 heteroatoms. The summed E-state index contributed by atoms with van der Waals surface area (Å²) in [5.74, 6) is 0. The summed E-state index contributed by atoms with van der Waals surface area (Å²) < 4.78 is 0. The van der Waals surface area contributed by atoms with Crippen LogP contribution in [0.15, 0.2) is 23.1 Å². The standard InChI is InChI=1S/C10H12ClNS/c11-8-5-6-13-10(8)9(12)7-3-1-2-4-7/h3,5-6,9H,1-2,4,12H2.